The lowest BCUT2D eigenvalue weighted by Crippen LogP contribution is -2.28. The largest absolute Gasteiger partial charge is 0.497 e. The van der Waals surface area contributed by atoms with Gasteiger partial charge in [0.05, 0.1) is 32.6 Å². The van der Waals surface area contributed by atoms with Crippen molar-refractivity contribution in [2.24, 2.45) is 4.99 Å². The molecule has 0 aromatic heterocycles. The van der Waals surface area contributed by atoms with Gasteiger partial charge in [0.25, 0.3) is 0 Å². The van der Waals surface area contributed by atoms with Gasteiger partial charge in [-0.3, -0.25) is 0 Å². The maximum absolute atomic E-state index is 12.2. The Morgan fingerprint density at radius 1 is 0.818 bits per heavy atom. The molecule has 0 radical (unpaired) electrons. The second kappa shape index (κ2) is 12.0. The molecule has 0 aliphatic rings. The first kappa shape index (κ1) is 24.2. The van der Waals surface area contributed by atoms with Crippen molar-refractivity contribution in [1.82, 2.24) is 4.90 Å². The lowest BCUT2D eigenvalue weighted by atomic mass is 10.1. The van der Waals surface area contributed by atoms with E-state index < -0.39 is 5.97 Å². The summed E-state index contributed by atoms with van der Waals surface area (Å²) >= 11 is 1.53. The van der Waals surface area contributed by atoms with E-state index in [-0.39, 0.29) is 0 Å². The maximum atomic E-state index is 12.2. The molecule has 0 unspecified atom stereocenters. The lowest BCUT2D eigenvalue weighted by molar-refractivity contribution is 0.0601. The summed E-state index contributed by atoms with van der Waals surface area (Å²) in [5.41, 5.74) is 3.24. The van der Waals surface area contributed by atoms with Crippen LogP contribution in [0.5, 0.6) is 11.5 Å². The molecule has 0 saturated carbocycles. The molecule has 3 aromatic carbocycles. The first-order valence-electron chi connectivity index (χ1n) is 10.4. The first-order valence-corrected chi connectivity index (χ1v) is 11.6. The van der Waals surface area contributed by atoms with Crippen molar-refractivity contribution in [3.05, 3.63) is 89.5 Å². The summed E-state index contributed by atoms with van der Waals surface area (Å²) in [6.07, 6.45) is 1.98. The van der Waals surface area contributed by atoms with Crippen molar-refractivity contribution < 1.29 is 19.0 Å². The highest BCUT2D eigenvalue weighted by Crippen LogP contribution is 2.25. The van der Waals surface area contributed by atoms with Crippen molar-refractivity contribution in [2.45, 2.75) is 13.1 Å². The molecule has 0 spiro atoms. The van der Waals surface area contributed by atoms with Gasteiger partial charge in [-0.2, -0.15) is 0 Å². The molecule has 3 aromatic rings. The van der Waals surface area contributed by atoms with E-state index in [1.165, 1.54) is 18.9 Å². The Morgan fingerprint density at radius 3 is 1.79 bits per heavy atom. The number of amidine groups is 1. The maximum Gasteiger partial charge on any atom is 0.340 e. The van der Waals surface area contributed by atoms with Gasteiger partial charge in [-0.05, 0) is 53.8 Å². The van der Waals surface area contributed by atoms with E-state index in [1.54, 1.807) is 26.4 Å². The molecule has 0 fully saturated rings. The van der Waals surface area contributed by atoms with Crippen molar-refractivity contribution in [3.8, 4) is 11.5 Å². The minimum absolute atomic E-state index is 0.410. The zero-order valence-electron chi connectivity index (χ0n) is 19.3. The van der Waals surface area contributed by atoms with Gasteiger partial charge in [-0.15, -0.1) is 0 Å². The molecule has 0 atom stereocenters. The standard InChI is InChI=1S/C26H28N2O4S/c1-30-21-13-9-19(10-14-21)17-28(18-20-11-15-22(31-2)16-12-20)26(33-4)27-24-8-6-5-7-23(24)25(29)32-3/h5-16H,17-18H2,1-4H3. The second-order valence-electron chi connectivity index (χ2n) is 7.16. The van der Waals surface area contributed by atoms with Gasteiger partial charge in [0.1, 0.15) is 11.5 Å². The number of hydrogen-bond acceptors (Lipinski definition) is 6. The molecule has 0 N–H and O–H groups in total. The zero-order chi connectivity index (χ0) is 23.6. The number of ether oxygens (including phenoxy) is 3. The Balaban J connectivity index is 1.97. The zero-order valence-corrected chi connectivity index (χ0v) is 20.1. The number of methoxy groups -OCH3 is 3. The Labute approximate surface area is 199 Å². The van der Waals surface area contributed by atoms with E-state index in [4.69, 9.17) is 19.2 Å². The van der Waals surface area contributed by atoms with Crippen molar-refractivity contribution in [1.29, 1.82) is 0 Å². The summed E-state index contributed by atoms with van der Waals surface area (Å²) < 4.78 is 15.5. The smallest absolute Gasteiger partial charge is 0.340 e. The first-order chi connectivity index (χ1) is 16.1. The summed E-state index contributed by atoms with van der Waals surface area (Å²) in [5.74, 6) is 1.21. The van der Waals surface area contributed by atoms with Crippen LogP contribution >= 0.6 is 11.8 Å². The van der Waals surface area contributed by atoms with Crippen LogP contribution in [0.15, 0.2) is 77.8 Å². The van der Waals surface area contributed by atoms with Crippen LogP contribution in [0, 0.1) is 0 Å². The van der Waals surface area contributed by atoms with Gasteiger partial charge in [-0.25, -0.2) is 9.79 Å². The van der Waals surface area contributed by atoms with Gasteiger partial charge in [-0.1, -0.05) is 48.2 Å². The van der Waals surface area contributed by atoms with Crippen molar-refractivity contribution in [2.75, 3.05) is 27.6 Å². The Bertz CT molecular complexity index is 1030. The SMILES string of the molecule is COC(=O)c1ccccc1N=C(SC)N(Cc1ccc(OC)cc1)Cc1ccc(OC)cc1. The fourth-order valence-electron chi connectivity index (χ4n) is 3.30. The number of thioether (sulfide) groups is 1. The van der Waals surface area contributed by atoms with E-state index in [0.29, 0.717) is 24.3 Å². The molecule has 3 rings (SSSR count). The average Bonchev–Trinajstić information content (AvgIpc) is 2.87. The molecule has 7 heteroatoms. The summed E-state index contributed by atoms with van der Waals surface area (Å²) in [6.45, 7) is 1.27. The third-order valence-corrected chi connectivity index (χ3v) is 5.76. The number of rotatable bonds is 8. The predicted molar refractivity (Wildman–Crippen MR) is 134 cm³/mol. The quantitative estimate of drug-likeness (QED) is 0.248. The fraction of sp³-hybridized carbons (Fsp3) is 0.231. The van der Waals surface area contributed by atoms with E-state index in [1.807, 2.05) is 66.9 Å². The molecular formula is C26H28N2O4S. The third kappa shape index (κ3) is 6.52. The van der Waals surface area contributed by atoms with E-state index in [0.717, 1.165) is 27.8 Å². The Hall–Kier alpha value is -3.45. The molecule has 0 saturated heterocycles. The molecular weight excluding hydrogens is 436 g/mol. The number of esters is 1. The normalized spacial score (nSPS) is 11.1. The monoisotopic (exact) mass is 464 g/mol. The van der Waals surface area contributed by atoms with E-state index >= 15 is 0 Å². The van der Waals surface area contributed by atoms with E-state index in [2.05, 4.69) is 4.90 Å². The van der Waals surface area contributed by atoms with Crippen LogP contribution in [0.1, 0.15) is 21.5 Å². The average molecular weight is 465 g/mol. The minimum atomic E-state index is -0.410. The van der Waals surface area contributed by atoms with Crippen molar-refractivity contribution >= 4 is 28.6 Å². The Kier molecular flexibility index (Phi) is 8.78. The minimum Gasteiger partial charge on any atom is -0.497 e. The van der Waals surface area contributed by atoms with Gasteiger partial charge >= 0.3 is 5.97 Å². The number of carbonyl (C=O) groups excluding carboxylic acids is 1. The van der Waals surface area contributed by atoms with Crippen LogP contribution in [-0.2, 0) is 17.8 Å². The summed E-state index contributed by atoms with van der Waals surface area (Å²) in [4.78, 5) is 19.3. The van der Waals surface area contributed by atoms with Crippen molar-refractivity contribution in [3.63, 3.8) is 0 Å². The molecule has 0 amide bonds. The van der Waals surface area contributed by atoms with Crippen LogP contribution in [0.2, 0.25) is 0 Å². The number of carbonyl (C=O) groups is 1. The van der Waals surface area contributed by atoms with Crippen LogP contribution in [0.4, 0.5) is 5.69 Å². The fourth-order valence-corrected chi connectivity index (χ4v) is 3.87. The highest BCUT2D eigenvalue weighted by atomic mass is 32.2. The van der Waals surface area contributed by atoms with Crippen LogP contribution in [0.25, 0.3) is 0 Å². The molecule has 0 aliphatic heterocycles. The molecule has 0 bridgehead atoms. The number of hydrogen-bond donors (Lipinski definition) is 0. The molecule has 0 heterocycles. The van der Waals surface area contributed by atoms with Gasteiger partial charge in [0.15, 0.2) is 5.17 Å². The number of benzene rings is 3. The highest BCUT2D eigenvalue weighted by molar-refractivity contribution is 8.13. The number of aliphatic imine (C=N–C) groups is 1. The molecule has 0 aliphatic carbocycles. The summed E-state index contributed by atoms with van der Waals surface area (Å²) in [7, 11) is 4.68. The highest BCUT2D eigenvalue weighted by Gasteiger charge is 2.16. The number of nitrogens with zero attached hydrogens (tertiary/aromatic N) is 2. The Morgan fingerprint density at radius 2 is 1.33 bits per heavy atom. The second-order valence-corrected chi connectivity index (χ2v) is 7.93. The molecule has 172 valence electrons. The summed E-state index contributed by atoms with van der Waals surface area (Å²) in [5, 5.41) is 0.790. The van der Waals surface area contributed by atoms with Crippen LogP contribution in [0.3, 0.4) is 0 Å². The van der Waals surface area contributed by atoms with Crippen LogP contribution < -0.4 is 9.47 Å². The number of para-hydroxylation sites is 1. The summed E-state index contributed by atoms with van der Waals surface area (Å²) in [6, 6.07) is 23.2. The van der Waals surface area contributed by atoms with Gasteiger partial charge in [0, 0.05) is 13.1 Å². The van der Waals surface area contributed by atoms with E-state index in [9.17, 15) is 4.79 Å². The predicted octanol–water partition coefficient (Wildman–Crippen LogP) is 5.54. The van der Waals surface area contributed by atoms with Gasteiger partial charge in [0.2, 0.25) is 0 Å². The lowest BCUT2D eigenvalue weighted by Gasteiger charge is -2.26. The van der Waals surface area contributed by atoms with Crippen LogP contribution in [-0.4, -0.2) is 43.6 Å². The van der Waals surface area contributed by atoms with Gasteiger partial charge < -0.3 is 19.1 Å². The molecule has 6 nitrogen and oxygen atoms in total. The topological polar surface area (TPSA) is 60.4 Å². The third-order valence-electron chi connectivity index (χ3n) is 5.04. The molecule has 33 heavy (non-hydrogen) atoms.